The maximum Gasteiger partial charge on any atom is 0.0174 e. The fraction of sp³-hybridized carbons (Fsp3) is 0.833. The van der Waals surface area contributed by atoms with E-state index in [2.05, 4.69) is 18.8 Å². The minimum Gasteiger partial charge on any atom is -0.103 e. The second-order valence-electron chi connectivity index (χ2n) is 3.88. The summed E-state index contributed by atoms with van der Waals surface area (Å²) in [5.74, 6) is 7.25. The predicted molar refractivity (Wildman–Crippen MR) is 53.9 cm³/mol. The Labute approximate surface area is 76.7 Å². The van der Waals surface area contributed by atoms with Crippen molar-refractivity contribution in [2.45, 2.75) is 58.3 Å². The molecule has 0 nitrogen and oxygen atoms in total. The predicted octanol–water partition coefficient (Wildman–Crippen LogP) is 3.76. The lowest BCUT2D eigenvalue weighted by Gasteiger charge is -2.02. The molecule has 1 unspecified atom stereocenters. The quantitative estimate of drug-likeness (QED) is 0.478. The second-order valence-corrected chi connectivity index (χ2v) is 3.88. The van der Waals surface area contributed by atoms with E-state index in [1.54, 1.807) is 0 Å². The van der Waals surface area contributed by atoms with Crippen LogP contribution in [-0.4, -0.2) is 0 Å². The van der Waals surface area contributed by atoms with Crippen LogP contribution in [0.1, 0.15) is 58.3 Å². The maximum atomic E-state index is 3.33. The SMILES string of the molecule is CC1C#CCCCCCCCC1. The summed E-state index contributed by atoms with van der Waals surface area (Å²) in [5, 5.41) is 0. The lowest BCUT2D eigenvalue weighted by molar-refractivity contribution is 0.552. The molecule has 0 fully saturated rings. The fourth-order valence-corrected chi connectivity index (χ4v) is 1.69. The molecule has 0 amide bonds. The molecule has 0 saturated heterocycles. The van der Waals surface area contributed by atoms with Crippen LogP contribution >= 0.6 is 0 Å². The first kappa shape index (κ1) is 9.65. The summed E-state index contributed by atoms with van der Waals surface area (Å²) in [6, 6.07) is 0. The van der Waals surface area contributed by atoms with E-state index in [9.17, 15) is 0 Å². The Kier molecular flexibility index (Phi) is 4.92. The molecule has 0 aromatic heterocycles. The Morgan fingerprint density at radius 3 is 2.42 bits per heavy atom. The van der Waals surface area contributed by atoms with Crippen molar-refractivity contribution in [3.63, 3.8) is 0 Å². The van der Waals surface area contributed by atoms with Gasteiger partial charge in [0, 0.05) is 12.3 Å². The third-order valence-electron chi connectivity index (χ3n) is 2.54. The first-order valence-corrected chi connectivity index (χ1v) is 5.38. The third-order valence-corrected chi connectivity index (χ3v) is 2.54. The molecule has 1 aliphatic carbocycles. The van der Waals surface area contributed by atoms with Crippen LogP contribution in [0.3, 0.4) is 0 Å². The average Bonchev–Trinajstić information content (AvgIpc) is 2.11. The van der Waals surface area contributed by atoms with Crippen molar-refractivity contribution in [3.8, 4) is 11.8 Å². The van der Waals surface area contributed by atoms with Gasteiger partial charge in [0.05, 0.1) is 0 Å². The number of rotatable bonds is 0. The largest absolute Gasteiger partial charge is 0.103 e. The van der Waals surface area contributed by atoms with Gasteiger partial charge in [-0.3, -0.25) is 0 Å². The van der Waals surface area contributed by atoms with Gasteiger partial charge >= 0.3 is 0 Å². The van der Waals surface area contributed by atoms with E-state index in [0.29, 0.717) is 5.92 Å². The molecule has 0 spiro atoms. The Bertz CT molecular complexity index is 159. The standard InChI is InChI=1S/C12H20/c1-12-10-8-6-4-2-3-5-7-9-11-12/h12H,2-8,10H2,1H3. The summed E-state index contributed by atoms with van der Waals surface area (Å²) >= 11 is 0. The monoisotopic (exact) mass is 164 g/mol. The van der Waals surface area contributed by atoms with Crippen LogP contribution in [0.25, 0.3) is 0 Å². The Morgan fingerprint density at radius 2 is 1.58 bits per heavy atom. The van der Waals surface area contributed by atoms with Crippen LogP contribution in [0.15, 0.2) is 0 Å². The minimum absolute atomic E-state index is 0.642. The third kappa shape index (κ3) is 4.44. The van der Waals surface area contributed by atoms with Crippen molar-refractivity contribution in [3.05, 3.63) is 0 Å². The van der Waals surface area contributed by atoms with Gasteiger partial charge in [0.1, 0.15) is 0 Å². The molecule has 1 atom stereocenters. The summed E-state index contributed by atoms with van der Waals surface area (Å²) in [5.41, 5.74) is 0. The molecule has 0 bridgehead atoms. The molecular formula is C12H20. The first-order valence-electron chi connectivity index (χ1n) is 5.38. The topological polar surface area (TPSA) is 0 Å². The summed E-state index contributed by atoms with van der Waals surface area (Å²) in [7, 11) is 0. The van der Waals surface area contributed by atoms with Crippen molar-refractivity contribution in [1.29, 1.82) is 0 Å². The normalized spacial score (nSPS) is 26.6. The van der Waals surface area contributed by atoms with Crippen molar-refractivity contribution in [1.82, 2.24) is 0 Å². The van der Waals surface area contributed by atoms with Crippen LogP contribution in [-0.2, 0) is 0 Å². The smallest absolute Gasteiger partial charge is 0.0174 e. The Balaban J connectivity index is 2.28. The van der Waals surface area contributed by atoms with Crippen molar-refractivity contribution in [2.75, 3.05) is 0 Å². The lowest BCUT2D eigenvalue weighted by atomic mass is 10.0. The highest BCUT2D eigenvalue weighted by atomic mass is 14.0. The molecule has 0 N–H and O–H groups in total. The molecule has 0 heterocycles. The van der Waals surface area contributed by atoms with E-state index < -0.39 is 0 Å². The molecule has 12 heavy (non-hydrogen) atoms. The van der Waals surface area contributed by atoms with Gasteiger partial charge < -0.3 is 0 Å². The van der Waals surface area contributed by atoms with Crippen LogP contribution in [0, 0.1) is 17.8 Å². The second kappa shape index (κ2) is 6.12. The van der Waals surface area contributed by atoms with Gasteiger partial charge in [-0.25, -0.2) is 0 Å². The Morgan fingerprint density at radius 1 is 0.917 bits per heavy atom. The molecule has 0 aromatic rings. The highest BCUT2D eigenvalue weighted by Crippen LogP contribution is 2.13. The van der Waals surface area contributed by atoms with E-state index in [1.165, 1.54) is 44.9 Å². The molecule has 1 aliphatic rings. The summed E-state index contributed by atoms with van der Waals surface area (Å²) in [4.78, 5) is 0. The average molecular weight is 164 g/mol. The van der Waals surface area contributed by atoms with E-state index in [0.717, 1.165) is 6.42 Å². The van der Waals surface area contributed by atoms with Gasteiger partial charge in [-0.1, -0.05) is 39.0 Å². The lowest BCUT2D eigenvalue weighted by Crippen LogP contribution is -1.89. The van der Waals surface area contributed by atoms with Gasteiger partial charge in [-0.15, -0.1) is 11.8 Å². The molecule has 0 heteroatoms. The molecule has 0 aromatic carbocycles. The summed E-state index contributed by atoms with van der Waals surface area (Å²) in [6.07, 6.45) is 10.8. The van der Waals surface area contributed by atoms with Crippen molar-refractivity contribution >= 4 is 0 Å². The zero-order valence-corrected chi connectivity index (χ0v) is 8.23. The molecule has 0 radical (unpaired) electrons. The van der Waals surface area contributed by atoms with E-state index in [4.69, 9.17) is 0 Å². The van der Waals surface area contributed by atoms with Gasteiger partial charge in [0.15, 0.2) is 0 Å². The van der Waals surface area contributed by atoms with E-state index in [-0.39, 0.29) is 0 Å². The molecule has 68 valence electrons. The maximum absolute atomic E-state index is 3.33. The van der Waals surface area contributed by atoms with E-state index >= 15 is 0 Å². The van der Waals surface area contributed by atoms with Gasteiger partial charge in [0.2, 0.25) is 0 Å². The zero-order valence-electron chi connectivity index (χ0n) is 8.23. The summed E-state index contributed by atoms with van der Waals surface area (Å²) < 4.78 is 0. The molecule has 0 saturated carbocycles. The fourth-order valence-electron chi connectivity index (χ4n) is 1.69. The Hall–Kier alpha value is -0.440. The van der Waals surface area contributed by atoms with Gasteiger partial charge in [-0.2, -0.15) is 0 Å². The highest BCUT2D eigenvalue weighted by molar-refractivity contribution is 5.02. The molecule has 1 rings (SSSR count). The van der Waals surface area contributed by atoms with Crippen LogP contribution in [0.4, 0.5) is 0 Å². The molecule has 0 aliphatic heterocycles. The van der Waals surface area contributed by atoms with Crippen LogP contribution in [0.2, 0.25) is 0 Å². The summed E-state index contributed by atoms with van der Waals surface area (Å²) in [6.45, 7) is 2.25. The minimum atomic E-state index is 0.642. The zero-order chi connectivity index (χ0) is 8.65. The van der Waals surface area contributed by atoms with Gasteiger partial charge in [0.25, 0.3) is 0 Å². The number of hydrogen-bond donors (Lipinski definition) is 0. The van der Waals surface area contributed by atoms with Crippen molar-refractivity contribution < 1.29 is 0 Å². The molecular weight excluding hydrogens is 144 g/mol. The van der Waals surface area contributed by atoms with Crippen LogP contribution < -0.4 is 0 Å². The number of hydrogen-bond acceptors (Lipinski definition) is 0. The van der Waals surface area contributed by atoms with Crippen molar-refractivity contribution in [2.24, 2.45) is 5.92 Å². The van der Waals surface area contributed by atoms with Crippen LogP contribution in [0.5, 0.6) is 0 Å². The first-order chi connectivity index (χ1) is 5.89. The van der Waals surface area contributed by atoms with E-state index in [1.807, 2.05) is 0 Å². The highest BCUT2D eigenvalue weighted by Gasteiger charge is 1.98. The van der Waals surface area contributed by atoms with Gasteiger partial charge in [-0.05, 0) is 12.8 Å².